The minimum Gasteiger partial charge on any atom is -0.325 e. The van der Waals surface area contributed by atoms with E-state index in [9.17, 15) is 22.8 Å². The van der Waals surface area contributed by atoms with Crippen LogP contribution >= 0.6 is 0 Å². The fourth-order valence-corrected chi connectivity index (χ4v) is 4.11. The van der Waals surface area contributed by atoms with Gasteiger partial charge in [-0.15, -0.1) is 0 Å². The zero-order valence-corrected chi connectivity index (χ0v) is 16.3. The summed E-state index contributed by atoms with van der Waals surface area (Å²) in [5.74, 6) is -0.606. The molecule has 0 aliphatic carbocycles. The maximum Gasteiger partial charge on any atom is 0.271 e. The first-order valence-electron chi connectivity index (χ1n) is 8.23. The van der Waals surface area contributed by atoms with E-state index in [4.69, 9.17) is 0 Å². The molecule has 0 aliphatic rings. The van der Waals surface area contributed by atoms with Gasteiger partial charge in [0.05, 0.1) is 17.4 Å². The fraction of sp³-hybridized carbons (Fsp3) is 0.235. The Morgan fingerprint density at radius 2 is 1.93 bits per heavy atom. The summed E-state index contributed by atoms with van der Waals surface area (Å²) in [7, 11) is -1.23. The van der Waals surface area contributed by atoms with Crippen LogP contribution in [0.15, 0.2) is 44.9 Å². The van der Waals surface area contributed by atoms with Gasteiger partial charge < -0.3 is 9.88 Å². The third-order valence-electron chi connectivity index (χ3n) is 4.23. The molecule has 0 atom stereocenters. The third kappa shape index (κ3) is 3.62. The maximum absolute atomic E-state index is 13.0. The van der Waals surface area contributed by atoms with Gasteiger partial charge in [-0.05, 0) is 30.7 Å². The van der Waals surface area contributed by atoms with Crippen LogP contribution in [-0.4, -0.2) is 47.0 Å². The molecule has 0 unspecified atom stereocenters. The van der Waals surface area contributed by atoms with Crippen molar-refractivity contribution in [3.05, 3.63) is 56.7 Å². The van der Waals surface area contributed by atoms with Gasteiger partial charge in [-0.25, -0.2) is 8.42 Å². The van der Waals surface area contributed by atoms with Gasteiger partial charge in [0.25, 0.3) is 11.1 Å². The van der Waals surface area contributed by atoms with E-state index in [-0.39, 0.29) is 27.0 Å². The summed E-state index contributed by atoms with van der Waals surface area (Å²) in [5.41, 5.74) is 0.272. The van der Waals surface area contributed by atoms with Crippen molar-refractivity contribution in [2.75, 3.05) is 18.9 Å². The number of rotatable bonds is 5. The maximum atomic E-state index is 13.0. The number of amides is 1. The number of carbonyl (C=O) groups excluding carboxylic acids is 1. The number of carbonyl (C=O) groups is 1. The second kappa shape index (κ2) is 7.09. The summed E-state index contributed by atoms with van der Waals surface area (Å²) in [6, 6.07) is 5.77. The number of fused-ring (bicyclic) bond motifs is 1. The van der Waals surface area contributed by atoms with Crippen LogP contribution in [0.4, 0.5) is 5.69 Å². The molecule has 10 nitrogen and oxygen atoms in total. The van der Waals surface area contributed by atoms with Gasteiger partial charge in [0, 0.05) is 32.0 Å². The first-order valence-corrected chi connectivity index (χ1v) is 9.67. The lowest BCUT2D eigenvalue weighted by atomic mass is 10.2. The first kappa shape index (κ1) is 19.6. The van der Waals surface area contributed by atoms with E-state index in [0.29, 0.717) is 5.56 Å². The first-order chi connectivity index (χ1) is 13.1. The van der Waals surface area contributed by atoms with E-state index in [1.165, 1.54) is 36.0 Å². The molecule has 148 valence electrons. The average molecular weight is 405 g/mol. The largest absolute Gasteiger partial charge is 0.325 e. The van der Waals surface area contributed by atoms with Crippen molar-refractivity contribution in [3.8, 4) is 0 Å². The molecule has 0 bridgehead atoms. The number of anilines is 1. The van der Waals surface area contributed by atoms with Gasteiger partial charge >= 0.3 is 0 Å². The van der Waals surface area contributed by atoms with Crippen LogP contribution in [0.3, 0.4) is 0 Å². The van der Waals surface area contributed by atoms with Crippen LogP contribution in [0.25, 0.3) is 10.9 Å². The molecule has 0 fully saturated rings. The lowest BCUT2D eigenvalue weighted by Gasteiger charge is -2.17. The minimum atomic E-state index is -4.06. The zero-order valence-electron chi connectivity index (χ0n) is 15.4. The number of pyridine rings is 1. The number of aryl methyl sites for hydroxylation is 2. The summed E-state index contributed by atoms with van der Waals surface area (Å²) in [5, 5.41) is 7.65. The molecule has 28 heavy (non-hydrogen) atoms. The summed E-state index contributed by atoms with van der Waals surface area (Å²) in [4.78, 5) is 35.6. The molecule has 2 aromatic heterocycles. The van der Waals surface area contributed by atoms with Crippen molar-refractivity contribution >= 4 is 32.5 Å². The molecule has 1 aromatic carbocycles. The zero-order chi connectivity index (χ0) is 20.6. The number of nitrogens with one attached hydrogen (secondary N) is 3. The molecule has 0 aliphatic heterocycles. The second-order valence-corrected chi connectivity index (χ2v) is 8.45. The smallest absolute Gasteiger partial charge is 0.271 e. The molecule has 0 radical (unpaired) electrons. The van der Waals surface area contributed by atoms with Gasteiger partial charge in [0.2, 0.25) is 15.9 Å². The van der Waals surface area contributed by atoms with Gasteiger partial charge in [-0.1, -0.05) is 0 Å². The highest BCUT2D eigenvalue weighted by Gasteiger charge is 2.26. The van der Waals surface area contributed by atoms with E-state index in [1.54, 1.807) is 20.0 Å². The van der Waals surface area contributed by atoms with Crippen molar-refractivity contribution in [1.82, 2.24) is 19.1 Å². The summed E-state index contributed by atoms with van der Waals surface area (Å²) in [6.45, 7) is 1.20. The molecule has 3 rings (SSSR count). The Labute approximate surface area is 159 Å². The lowest BCUT2D eigenvalue weighted by Crippen LogP contribution is -2.35. The predicted octanol–water partition coefficient (Wildman–Crippen LogP) is 0.123. The molecule has 1 amide bonds. The highest BCUT2D eigenvalue weighted by atomic mass is 32.2. The monoisotopic (exact) mass is 405 g/mol. The Kier molecular flexibility index (Phi) is 4.96. The molecule has 2 heterocycles. The number of hydrogen-bond donors (Lipinski definition) is 3. The Hall–Kier alpha value is -3.18. The Morgan fingerprint density at radius 3 is 2.61 bits per heavy atom. The van der Waals surface area contributed by atoms with Crippen molar-refractivity contribution in [2.45, 2.75) is 11.8 Å². The number of benzene rings is 1. The predicted molar refractivity (Wildman–Crippen MR) is 104 cm³/mol. The highest BCUT2D eigenvalue weighted by molar-refractivity contribution is 7.89. The van der Waals surface area contributed by atoms with Crippen LogP contribution < -0.4 is 16.4 Å². The SMILES string of the molecule is Cc1cc(S(=O)(=O)N(C)CC(=O)Nc2ccn(C)c(=O)c2)c2[nH][nH]c(=O)c2c1. The number of aromatic amines is 2. The third-order valence-corrected chi connectivity index (χ3v) is 6.06. The standard InChI is InChI=1S/C17H19N5O5S/c1-10-6-12-16(19-20-17(12)25)13(7-10)28(26,27)22(3)9-14(23)18-11-4-5-21(2)15(24)8-11/h4-8H,9H2,1-3H3,(H,18,23)(H2,19,20,25). The Morgan fingerprint density at radius 1 is 1.21 bits per heavy atom. The number of nitrogens with zero attached hydrogens (tertiary/aromatic N) is 2. The van der Waals surface area contributed by atoms with Gasteiger partial charge in [0.1, 0.15) is 4.90 Å². The highest BCUT2D eigenvalue weighted by Crippen LogP contribution is 2.23. The van der Waals surface area contributed by atoms with Crippen LogP contribution in [0.2, 0.25) is 0 Å². The number of hydrogen-bond acceptors (Lipinski definition) is 5. The molecule has 11 heteroatoms. The molecule has 0 saturated heterocycles. The van der Waals surface area contributed by atoms with Crippen LogP contribution in [0.1, 0.15) is 5.56 Å². The Bertz CT molecular complexity index is 1290. The van der Waals surface area contributed by atoms with Crippen molar-refractivity contribution in [2.24, 2.45) is 7.05 Å². The number of likely N-dealkylation sites (N-methyl/N-ethyl adjacent to an activating group) is 1. The molecule has 0 spiro atoms. The minimum absolute atomic E-state index is 0.107. The van der Waals surface area contributed by atoms with E-state index < -0.39 is 28.0 Å². The summed E-state index contributed by atoms with van der Waals surface area (Å²) in [6.07, 6.45) is 1.49. The summed E-state index contributed by atoms with van der Waals surface area (Å²) >= 11 is 0. The number of aromatic nitrogens is 3. The molecule has 3 aromatic rings. The molecule has 0 saturated carbocycles. The van der Waals surface area contributed by atoms with E-state index in [0.717, 1.165) is 4.31 Å². The van der Waals surface area contributed by atoms with E-state index in [2.05, 4.69) is 15.5 Å². The normalized spacial score (nSPS) is 11.9. The molecular formula is C17H19N5O5S. The fourth-order valence-electron chi connectivity index (χ4n) is 2.73. The second-order valence-electron chi connectivity index (χ2n) is 6.44. The van der Waals surface area contributed by atoms with Gasteiger partial charge in [-0.3, -0.25) is 24.6 Å². The van der Waals surface area contributed by atoms with Gasteiger partial charge in [0.15, 0.2) is 0 Å². The van der Waals surface area contributed by atoms with E-state index in [1.807, 2.05) is 0 Å². The topological polar surface area (TPSA) is 137 Å². The quantitative estimate of drug-likeness (QED) is 0.554. The Balaban J connectivity index is 1.86. The van der Waals surface area contributed by atoms with Crippen molar-refractivity contribution < 1.29 is 13.2 Å². The average Bonchev–Trinajstić information content (AvgIpc) is 2.98. The van der Waals surface area contributed by atoms with Crippen molar-refractivity contribution in [3.63, 3.8) is 0 Å². The van der Waals surface area contributed by atoms with Crippen molar-refractivity contribution in [1.29, 1.82) is 0 Å². The van der Waals surface area contributed by atoms with Crippen LogP contribution in [0, 0.1) is 6.92 Å². The van der Waals surface area contributed by atoms with E-state index >= 15 is 0 Å². The van der Waals surface area contributed by atoms with Crippen LogP contribution in [-0.2, 0) is 21.9 Å². The lowest BCUT2D eigenvalue weighted by molar-refractivity contribution is -0.116. The molecule has 3 N–H and O–H groups in total. The molecular weight excluding hydrogens is 386 g/mol. The van der Waals surface area contributed by atoms with Crippen LogP contribution in [0.5, 0.6) is 0 Å². The van der Waals surface area contributed by atoms with Gasteiger partial charge in [-0.2, -0.15) is 4.31 Å². The summed E-state index contributed by atoms with van der Waals surface area (Å²) < 4.78 is 28.1. The number of sulfonamides is 1. The number of H-pyrrole nitrogens is 2.